The summed E-state index contributed by atoms with van der Waals surface area (Å²) in [5, 5.41) is 0. The van der Waals surface area contributed by atoms with Crippen molar-refractivity contribution in [3.05, 3.63) is 24.0 Å². The summed E-state index contributed by atoms with van der Waals surface area (Å²) in [7, 11) is -3.89. The molecule has 0 aliphatic rings. The van der Waals surface area contributed by atoms with E-state index in [-0.39, 0.29) is 12.6 Å². The number of hydrogen-bond donors (Lipinski definition) is 3. The van der Waals surface area contributed by atoms with Crippen LogP contribution in [0.1, 0.15) is 19.4 Å². The summed E-state index contributed by atoms with van der Waals surface area (Å²) in [4.78, 5) is 13.9. The van der Waals surface area contributed by atoms with Gasteiger partial charge in [-0.2, -0.15) is 13.1 Å². The summed E-state index contributed by atoms with van der Waals surface area (Å²) in [6, 6.07) is 1.72. The molecule has 1 rings (SSSR count). The van der Waals surface area contributed by atoms with Crippen molar-refractivity contribution in [2.24, 2.45) is 0 Å². The number of aromatic amines is 1. The van der Waals surface area contributed by atoms with Crippen molar-refractivity contribution in [2.75, 3.05) is 0 Å². The maximum absolute atomic E-state index is 11.4. The van der Waals surface area contributed by atoms with Crippen molar-refractivity contribution in [2.45, 2.75) is 26.5 Å². The minimum Gasteiger partial charge on any atom is -0.446 e. The number of rotatable bonds is 5. The monoisotopic (exact) mass is 261 g/mol. The van der Waals surface area contributed by atoms with E-state index in [0.717, 1.165) is 5.56 Å². The average molecular weight is 261 g/mol. The van der Waals surface area contributed by atoms with E-state index < -0.39 is 16.3 Å². The minimum absolute atomic E-state index is 0.0911. The molecule has 0 fully saturated rings. The second-order valence-corrected chi connectivity index (χ2v) is 5.10. The quantitative estimate of drug-likeness (QED) is 0.717. The second-order valence-electron chi connectivity index (χ2n) is 3.60. The Bertz CT molecular complexity index is 453. The fourth-order valence-electron chi connectivity index (χ4n) is 1.03. The summed E-state index contributed by atoms with van der Waals surface area (Å²) in [5.74, 6) is 0. The van der Waals surface area contributed by atoms with Crippen LogP contribution in [0.4, 0.5) is 4.79 Å². The lowest BCUT2D eigenvalue weighted by atomic mass is 10.4. The van der Waals surface area contributed by atoms with E-state index in [0.29, 0.717) is 0 Å². The van der Waals surface area contributed by atoms with Crippen molar-refractivity contribution in [3.8, 4) is 0 Å². The molecule has 8 heteroatoms. The lowest BCUT2D eigenvalue weighted by molar-refractivity contribution is 0.121. The number of H-pyrrole nitrogens is 1. The van der Waals surface area contributed by atoms with Gasteiger partial charge in [-0.1, -0.05) is 0 Å². The van der Waals surface area contributed by atoms with Gasteiger partial charge in [-0.15, -0.1) is 0 Å². The van der Waals surface area contributed by atoms with Crippen LogP contribution in [-0.2, 0) is 21.5 Å². The molecule has 1 aromatic heterocycles. The number of carbonyl (C=O) groups is 1. The second kappa shape index (κ2) is 5.69. The molecule has 0 aliphatic carbocycles. The third-order valence-electron chi connectivity index (χ3n) is 1.69. The van der Waals surface area contributed by atoms with Gasteiger partial charge < -0.3 is 9.72 Å². The van der Waals surface area contributed by atoms with Crippen LogP contribution < -0.4 is 9.44 Å². The molecule has 0 unspecified atom stereocenters. The van der Waals surface area contributed by atoms with Crippen molar-refractivity contribution in [1.82, 2.24) is 14.4 Å². The molecule has 1 amide bonds. The standard InChI is InChI=1S/C9H15N3O4S/c1-7(2)16-9(13)12-17(14,15)11-6-8-3-4-10-5-8/h3-5,7,10-11H,6H2,1-2H3,(H,12,13). The van der Waals surface area contributed by atoms with Gasteiger partial charge in [0.25, 0.3) is 0 Å². The zero-order valence-corrected chi connectivity index (χ0v) is 10.4. The van der Waals surface area contributed by atoms with Crippen LogP contribution in [0.2, 0.25) is 0 Å². The van der Waals surface area contributed by atoms with E-state index in [1.54, 1.807) is 37.0 Å². The lowest BCUT2D eigenvalue weighted by Crippen LogP contribution is -2.40. The third kappa shape index (κ3) is 5.36. The van der Waals surface area contributed by atoms with E-state index in [9.17, 15) is 13.2 Å². The Kier molecular flexibility index (Phi) is 4.53. The predicted molar refractivity (Wildman–Crippen MR) is 61.3 cm³/mol. The van der Waals surface area contributed by atoms with Gasteiger partial charge in [0.05, 0.1) is 6.10 Å². The highest BCUT2D eigenvalue weighted by molar-refractivity contribution is 7.88. The first-order valence-electron chi connectivity index (χ1n) is 4.99. The molecular formula is C9H15N3O4S. The number of carbonyl (C=O) groups excluding carboxylic acids is 1. The molecule has 17 heavy (non-hydrogen) atoms. The Morgan fingerprint density at radius 1 is 1.53 bits per heavy atom. The lowest BCUT2D eigenvalue weighted by Gasteiger charge is -2.10. The number of hydrogen-bond acceptors (Lipinski definition) is 4. The summed E-state index contributed by atoms with van der Waals surface area (Å²) >= 11 is 0. The van der Waals surface area contributed by atoms with Crippen molar-refractivity contribution in [3.63, 3.8) is 0 Å². The SMILES string of the molecule is CC(C)OC(=O)NS(=O)(=O)NCc1cc[nH]c1. The van der Waals surface area contributed by atoms with Crippen molar-refractivity contribution < 1.29 is 17.9 Å². The first kappa shape index (κ1) is 13.5. The van der Waals surface area contributed by atoms with Gasteiger partial charge in [0, 0.05) is 18.9 Å². The van der Waals surface area contributed by atoms with E-state index in [2.05, 4.69) is 14.4 Å². The molecule has 0 radical (unpaired) electrons. The topological polar surface area (TPSA) is 100 Å². The van der Waals surface area contributed by atoms with Crippen LogP contribution in [-0.4, -0.2) is 25.6 Å². The van der Waals surface area contributed by atoms with Gasteiger partial charge in [-0.05, 0) is 25.5 Å². The fourth-order valence-corrected chi connectivity index (χ4v) is 1.73. The first-order valence-corrected chi connectivity index (χ1v) is 6.47. The summed E-state index contributed by atoms with van der Waals surface area (Å²) < 4.78 is 31.4. The average Bonchev–Trinajstić information content (AvgIpc) is 2.64. The van der Waals surface area contributed by atoms with E-state index in [4.69, 9.17) is 0 Å². The minimum atomic E-state index is -3.89. The molecule has 3 N–H and O–H groups in total. The van der Waals surface area contributed by atoms with Gasteiger partial charge in [-0.25, -0.2) is 9.52 Å². The zero-order valence-electron chi connectivity index (χ0n) is 9.56. The van der Waals surface area contributed by atoms with Crippen LogP contribution in [0, 0.1) is 0 Å². The summed E-state index contributed by atoms with van der Waals surface area (Å²) in [5.41, 5.74) is 0.757. The highest BCUT2D eigenvalue weighted by Crippen LogP contribution is 1.96. The maximum atomic E-state index is 11.4. The Labute approximate surface area is 99.7 Å². The van der Waals surface area contributed by atoms with Gasteiger partial charge >= 0.3 is 16.3 Å². The first-order chi connectivity index (χ1) is 7.89. The number of amides is 1. The fraction of sp³-hybridized carbons (Fsp3) is 0.444. The van der Waals surface area contributed by atoms with Gasteiger partial charge in [0.2, 0.25) is 0 Å². The molecular weight excluding hydrogens is 246 g/mol. The van der Waals surface area contributed by atoms with Crippen molar-refractivity contribution in [1.29, 1.82) is 0 Å². The number of ether oxygens (including phenoxy) is 1. The third-order valence-corrected chi connectivity index (χ3v) is 2.65. The molecule has 0 bridgehead atoms. The Morgan fingerprint density at radius 3 is 2.76 bits per heavy atom. The zero-order chi connectivity index (χ0) is 12.9. The molecule has 1 heterocycles. The van der Waals surface area contributed by atoms with E-state index in [1.807, 2.05) is 0 Å². The normalized spacial score (nSPS) is 11.5. The van der Waals surface area contributed by atoms with E-state index >= 15 is 0 Å². The van der Waals surface area contributed by atoms with Crippen LogP contribution in [0.15, 0.2) is 18.5 Å². The molecule has 0 saturated carbocycles. The summed E-state index contributed by atoms with van der Waals surface area (Å²) in [6.07, 6.45) is 1.94. The van der Waals surface area contributed by atoms with Gasteiger partial charge in [0.1, 0.15) is 0 Å². The van der Waals surface area contributed by atoms with Crippen molar-refractivity contribution >= 4 is 16.3 Å². The Morgan fingerprint density at radius 2 is 2.24 bits per heavy atom. The molecule has 0 aromatic carbocycles. The van der Waals surface area contributed by atoms with Crippen LogP contribution >= 0.6 is 0 Å². The molecule has 7 nitrogen and oxygen atoms in total. The highest BCUT2D eigenvalue weighted by atomic mass is 32.2. The Balaban J connectivity index is 2.43. The number of aromatic nitrogens is 1. The highest BCUT2D eigenvalue weighted by Gasteiger charge is 2.15. The molecule has 1 aromatic rings. The predicted octanol–water partition coefficient (Wildman–Crippen LogP) is 0.484. The smallest absolute Gasteiger partial charge is 0.422 e. The van der Waals surface area contributed by atoms with Crippen LogP contribution in [0.25, 0.3) is 0 Å². The maximum Gasteiger partial charge on any atom is 0.422 e. The number of nitrogens with one attached hydrogen (secondary N) is 3. The molecule has 0 saturated heterocycles. The molecule has 96 valence electrons. The van der Waals surface area contributed by atoms with Crippen LogP contribution in [0.3, 0.4) is 0 Å². The van der Waals surface area contributed by atoms with E-state index in [1.165, 1.54) is 0 Å². The molecule has 0 aliphatic heterocycles. The molecule has 0 atom stereocenters. The Hall–Kier alpha value is -1.54. The van der Waals surface area contributed by atoms with Gasteiger partial charge in [0.15, 0.2) is 0 Å². The molecule has 0 spiro atoms. The van der Waals surface area contributed by atoms with Crippen LogP contribution in [0.5, 0.6) is 0 Å². The largest absolute Gasteiger partial charge is 0.446 e. The van der Waals surface area contributed by atoms with Gasteiger partial charge in [-0.3, -0.25) is 0 Å². The summed E-state index contributed by atoms with van der Waals surface area (Å²) in [6.45, 7) is 3.34.